The number of benzene rings is 1. The Balaban J connectivity index is 3.03. The van der Waals surface area contributed by atoms with Gasteiger partial charge in [0.25, 0.3) is 0 Å². The van der Waals surface area contributed by atoms with Gasteiger partial charge in [-0.05, 0) is 29.7 Å². The summed E-state index contributed by atoms with van der Waals surface area (Å²) in [5.41, 5.74) is 2.51. The fourth-order valence-electron chi connectivity index (χ4n) is 1.18. The van der Waals surface area contributed by atoms with Crippen LogP contribution >= 0.6 is 28.1 Å². The van der Waals surface area contributed by atoms with Crippen LogP contribution in [0.15, 0.2) is 22.7 Å². The van der Waals surface area contributed by atoms with Gasteiger partial charge in [-0.1, -0.05) is 47.6 Å². The smallest absolute Gasteiger partial charge is 0.0178 e. The van der Waals surface area contributed by atoms with E-state index in [4.69, 9.17) is 12.2 Å². The lowest BCUT2D eigenvalue weighted by Crippen LogP contribution is -1.90. The summed E-state index contributed by atoms with van der Waals surface area (Å²) in [5.74, 6) is 0. The van der Waals surface area contributed by atoms with E-state index in [1.807, 2.05) is 6.07 Å². The van der Waals surface area contributed by atoms with Crippen LogP contribution in [0.2, 0.25) is 0 Å². The highest BCUT2D eigenvalue weighted by Crippen LogP contribution is 2.16. The van der Waals surface area contributed by atoms with Gasteiger partial charge in [0.15, 0.2) is 0 Å². The first-order valence-corrected chi connectivity index (χ1v) is 5.28. The second-order valence-electron chi connectivity index (χ2n) is 2.71. The summed E-state index contributed by atoms with van der Waals surface area (Å²) in [6.07, 6.45) is 2.26. The lowest BCUT2D eigenvalue weighted by molar-refractivity contribution is 0.920. The van der Waals surface area contributed by atoms with Gasteiger partial charge < -0.3 is 0 Å². The van der Waals surface area contributed by atoms with Crippen LogP contribution in [0.4, 0.5) is 0 Å². The minimum Gasteiger partial charge on any atom is -0.0881 e. The third kappa shape index (κ3) is 2.39. The zero-order chi connectivity index (χ0) is 8.97. The standard InChI is InChI=1S/C10H11BrS/c1-2-3-8-6-10(11)5-4-9(8)7-12/h4-7H,2-3H2,1H3. The monoisotopic (exact) mass is 242 g/mol. The van der Waals surface area contributed by atoms with Gasteiger partial charge in [-0.2, -0.15) is 0 Å². The Labute approximate surface area is 87.1 Å². The molecule has 0 unspecified atom stereocenters. The third-order valence-electron chi connectivity index (χ3n) is 1.75. The fraction of sp³-hybridized carbons (Fsp3) is 0.300. The van der Waals surface area contributed by atoms with Gasteiger partial charge >= 0.3 is 0 Å². The largest absolute Gasteiger partial charge is 0.0881 e. The van der Waals surface area contributed by atoms with E-state index in [9.17, 15) is 0 Å². The molecular weight excluding hydrogens is 232 g/mol. The molecule has 0 fully saturated rings. The van der Waals surface area contributed by atoms with Crippen molar-refractivity contribution < 1.29 is 0 Å². The second-order valence-corrected chi connectivity index (χ2v) is 3.86. The van der Waals surface area contributed by atoms with Crippen LogP contribution in [0, 0.1) is 0 Å². The molecule has 0 heterocycles. The minimum absolute atomic E-state index is 1.10. The molecule has 0 aliphatic heterocycles. The average molecular weight is 243 g/mol. The van der Waals surface area contributed by atoms with Gasteiger partial charge in [-0.3, -0.25) is 0 Å². The van der Waals surface area contributed by atoms with E-state index in [1.165, 1.54) is 11.1 Å². The number of hydrogen-bond donors (Lipinski definition) is 0. The predicted molar refractivity (Wildman–Crippen MR) is 60.9 cm³/mol. The first-order valence-electron chi connectivity index (χ1n) is 4.01. The summed E-state index contributed by atoms with van der Waals surface area (Å²) in [6.45, 7) is 2.17. The van der Waals surface area contributed by atoms with Crippen molar-refractivity contribution in [2.75, 3.05) is 0 Å². The molecule has 0 aromatic heterocycles. The summed E-state index contributed by atoms with van der Waals surface area (Å²) in [6, 6.07) is 6.22. The Hall–Kier alpha value is -0.210. The van der Waals surface area contributed by atoms with Crippen LogP contribution < -0.4 is 0 Å². The quantitative estimate of drug-likeness (QED) is 0.728. The topological polar surface area (TPSA) is 0 Å². The number of rotatable bonds is 3. The van der Waals surface area contributed by atoms with Crippen LogP contribution in [0.5, 0.6) is 0 Å². The van der Waals surface area contributed by atoms with Crippen molar-refractivity contribution in [1.82, 2.24) is 0 Å². The molecule has 2 heteroatoms. The molecule has 0 saturated carbocycles. The normalized spacial score (nSPS) is 9.83. The summed E-state index contributed by atoms with van der Waals surface area (Å²) in [5, 5.41) is 1.75. The van der Waals surface area contributed by atoms with Crippen molar-refractivity contribution in [2.45, 2.75) is 19.8 Å². The first kappa shape index (κ1) is 9.87. The van der Waals surface area contributed by atoms with Crippen molar-refractivity contribution in [2.24, 2.45) is 0 Å². The van der Waals surface area contributed by atoms with E-state index in [2.05, 4.69) is 35.0 Å². The Morgan fingerprint density at radius 1 is 1.50 bits per heavy atom. The SMILES string of the molecule is CCCc1cc(Br)ccc1C=S. The van der Waals surface area contributed by atoms with E-state index < -0.39 is 0 Å². The molecule has 0 atom stereocenters. The first-order chi connectivity index (χ1) is 5.77. The van der Waals surface area contributed by atoms with Gasteiger partial charge in [0.05, 0.1) is 0 Å². The summed E-state index contributed by atoms with van der Waals surface area (Å²) in [4.78, 5) is 0. The van der Waals surface area contributed by atoms with E-state index in [1.54, 1.807) is 5.37 Å². The molecule has 0 aliphatic rings. The highest BCUT2D eigenvalue weighted by atomic mass is 79.9. The van der Waals surface area contributed by atoms with Gasteiger partial charge in [0.1, 0.15) is 0 Å². The zero-order valence-corrected chi connectivity index (χ0v) is 9.41. The molecule has 0 saturated heterocycles. The van der Waals surface area contributed by atoms with Crippen molar-refractivity contribution in [3.63, 3.8) is 0 Å². The Morgan fingerprint density at radius 3 is 2.83 bits per heavy atom. The molecule has 0 radical (unpaired) electrons. The molecule has 0 nitrogen and oxygen atoms in total. The van der Waals surface area contributed by atoms with Crippen molar-refractivity contribution in [1.29, 1.82) is 0 Å². The molecule has 1 aromatic carbocycles. The van der Waals surface area contributed by atoms with E-state index >= 15 is 0 Å². The number of thiocarbonyl (C=S) groups is 1. The highest BCUT2D eigenvalue weighted by molar-refractivity contribution is 9.10. The molecule has 1 rings (SSSR count). The van der Waals surface area contributed by atoms with E-state index in [0.717, 1.165) is 17.3 Å². The zero-order valence-electron chi connectivity index (χ0n) is 7.01. The van der Waals surface area contributed by atoms with Gasteiger partial charge in [0, 0.05) is 9.84 Å². The third-order valence-corrected chi connectivity index (χ3v) is 2.50. The fourth-order valence-corrected chi connectivity index (χ4v) is 1.81. The maximum Gasteiger partial charge on any atom is 0.0178 e. The Bertz CT molecular complexity index is 281. The highest BCUT2D eigenvalue weighted by Gasteiger charge is 1.98. The molecule has 64 valence electrons. The Morgan fingerprint density at radius 2 is 2.25 bits per heavy atom. The maximum atomic E-state index is 4.92. The van der Waals surface area contributed by atoms with Crippen LogP contribution in [-0.4, -0.2) is 5.37 Å². The molecule has 1 aromatic rings. The van der Waals surface area contributed by atoms with Crippen LogP contribution in [0.3, 0.4) is 0 Å². The van der Waals surface area contributed by atoms with Crippen LogP contribution in [-0.2, 0) is 6.42 Å². The average Bonchev–Trinajstić information content (AvgIpc) is 2.05. The Kier molecular flexibility index (Phi) is 3.89. The minimum atomic E-state index is 1.10. The second kappa shape index (κ2) is 4.73. The van der Waals surface area contributed by atoms with Crippen LogP contribution in [0.25, 0.3) is 0 Å². The predicted octanol–water partition coefficient (Wildman–Crippen LogP) is 3.75. The van der Waals surface area contributed by atoms with Gasteiger partial charge in [-0.25, -0.2) is 0 Å². The van der Waals surface area contributed by atoms with E-state index in [-0.39, 0.29) is 0 Å². The van der Waals surface area contributed by atoms with Crippen molar-refractivity contribution in [3.8, 4) is 0 Å². The van der Waals surface area contributed by atoms with Crippen molar-refractivity contribution in [3.05, 3.63) is 33.8 Å². The molecule has 12 heavy (non-hydrogen) atoms. The number of aryl methyl sites for hydroxylation is 1. The summed E-state index contributed by atoms with van der Waals surface area (Å²) < 4.78 is 1.13. The summed E-state index contributed by atoms with van der Waals surface area (Å²) >= 11 is 8.37. The number of hydrogen-bond acceptors (Lipinski definition) is 1. The molecule has 0 amide bonds. The maximum absolute atomic E-state index is 4.92. The lowest BCUT2D eigenvalue weighted by Gasteiger charge is -2.03. The molecule has 0 N–H and O–H groups in total. The van der Waals surface area contributed by atoms with Crippen LogP contribution in [0.1, 0.15) is 24.5 Å². The molecule has 0 spiro atoms. The van der Waals surface area contributed by atoms with Gasteiger partial charge in [-0.15, -0.1) is 0 Å². The molecule has 0 bridgehead atoms. The van der Waals surface area contributed by atoms with Gasteiger partial charge in [0.2, 0.25) is 0 Å². The molecule has 0 aliphatic carbocycles. The lowest BCUT2D eigenvalue weighted by atomic mass is 10.1. The summed E-state index contributed by atoms with van der Waals surface area (Å²) in [7, 11) is 0. The van der Waals surface area contributed by atoms with Crippen molar-refractivity contribution >= 4 is 33.5 Å². The number of halogens is 1. The molecular formula is C10H11BrS. The van der Waals surface area contributed by atoms with E-state index in [0.29, 0.717) is 0 Å².